The highest BCUT2D eigenvalue weighted by Crippen LogP contribution is 2.11. The van der Waals surface area contributed by atoms with Crippen molar-refractivity contribution in [2.45, 2.75) is 44.9 Å². The van der Waals surface area contributed by atoms with Crippen LogP contribution in [0.1, 0.15) is 55.3 Å². The first kappa shape index (κ1) is 18.2. The van der Waals surface area contributed by atoms with E-state index in [1.807, 2.05) is 23.1 Å². The largest absolute Gasteiger partial charge is 0.356 e. The van der Waals surface area contributed by atoms with Gasteiger partial charge in [0, 0.05) is 44.5 Å². The maximum atomic E-state index is 11.9. The van der Waals surface area contributed by atoms with Crippen LogP contribution in [0.3, 0.4) is 0 Å². The smallest absolute Gasteiger partial charge is 0.222 e. The van der Waals surface area contributed by atoms with Crippen LogP contribution in [0.4, 0.5) is 0 Å². The second-order valence-corrected chi connectivity index (χ2v) is 6.18. The van der Waals surface area contributed by atoms with E-state index in [0.29, 0.717) is 25.1 Å². The number of carbonyl (C=O) groups is 3. The molecule has 0 aliphatic carbocycles. The molecule has 0 aromatic heterocycles. The fraction of sp³-hybridized carbons (Fsp3) is 0.526. The lowest BCUT2D eigenvalue weighted by Gasteiger charge is -2.20. The summed E-state index contributed by atoms with van der Waals surface area (Å²) in [7, 11) is 0. The Bertz CT molecular complexity index is 557. The van der Waals surface area contributed by atoms with Gasteiger partial charge in [0.25, 0.3) is 0 Å². The first-order chi connectivity index (χ1) is 11.7. The fourth-order valence-electron chi connectivity index (χ4n) is 2.86. The highest BCUT2D eigenvalue weighted by molar-refractivity contribution is 5.97. The van der Waals surface area contributed by atoms with Crippen molar-refractivity contribution in [1.29, 1.82) is 0 Å². The summed E-state index contributed by atoms with van der Waals surface area (Å²) in [4.78, 5) is 37.5. The number of Topliss-reactive ketones (excluding diaryl/α,β-unsaturated/α-hetero) is 1. The van der Waals surface area contributed by atoms with E-state index in [4.69, 9.17) is 0 Å². The van der Waals surface area contributed by atoms with E-state index < -0.39 is 0 Å². The van der Waals surface area contributed by atoms with Gasteiger partial charge in [-0.05, 0) is 19.3 Å². The van der Waals surface area contributed by atoms with E-state index >= 15 is 0 Å². The van der Waals surface area contributed by atoms with Gasteiger partial charge in [-0.3, -0.25) is 14.4 Å². The van der Waals surface area contributed by atoms with Gasteiger partial charge < -0.3 is 10.2 Å². The Hall–Kier alpha value is -2.17. The highest BCUT2D eigenvalue weighted by Gasteiger charge is 2.15. The van der Waals surface area contributed by atoms with Crippen molar-refractivity contribution in [3.05, 3.63) is 35.9 Å². The lowest BCUT2D eigenvalue weighted by atomic mass is 10.1. The molecule has 130 valence electrons. The van der Waals surface area contributed by atoms with Crippen LogP contribution >= 0.6 is 0 Å². The molecule has 1 aliphatic rings. The van der Waals surface area contributed by atoms with E-state index in [9.17, 15) is 14.4 Å². The number of hydrogen-bond acceptors (Lipinski definition) is 3. The highest BCUT2D eigenvalue weighted by atomic mass is 16.2. The van der Waals surface area contributed by atoms with Crippen LogP contribution in [0, 0.1) is 0 Å². The topological polar surface area (TPSA) is 66.5 Å². The normalized spacial score (nSPS) is 15.0. The number of carbonyl (C=O) groups excluding carboxylic acids is 3. The lowest BCUT2D eigenvalue weighted by Crippen LogP contribution is -2.34. The van der Waals surface area contributed by atoms with Crippen molar-refractivity contribution in [2.24, 2.45) is 0 Å². The number of nitrogens with one attached hydrogen (secondary N) is 1. The van der Waals surface area contributed by atoms with Crippen LogP contribution in [0.15, 0.2) is 30.3 Å². The summed E-state index contributed by atoms with van der Waals surface area (Å²) in [5.74, 6) is 0.106. The zero-order valence-electron chi connectivity index (χ0n) is 14.1. The summed E-state index contributed by atoms with van der Waals surface area (Å²) < 4.78 is 0. The Kier molecular flexibility index (Phi) is 7.46. The molecule has 0 unspecified atom stereocenters. The molecule has 2 amide bonds. The standard InChI is InChI=1S/C19H26N2O3/c22-17(16-8-3-1-4-9-16)11-12-18(23)20-13-7-15-21-14-6-2-5-10-19(21)24/h1,3-4,8-9H,2,5-7,10-15H2,(H,20,23). The zero-order chi connectivity index (χ0) is 17.2. The van der Waals surface area contributed by atoms with Gasteiger partial charge in [-0.1, -0.05) is 36.8 Å². The predicted molar refractivity (Wildman–Crippen MR) is 92.7 cm³/mol. The molecule has 1 aromatic rings. The fourth-order valence-corrected chi connectivity index (χ4v) is 2.86. The molecule has 1 heterocycles. The minimum Gasteiger partial charge on any atom is -0.356 e. The van der Waals surface area contributed by atoms with Crippen molar-refractivity contribution in [1.82, 2.24) is 10.2 Å². The van der Waals surface area contributed by atoms with Crippen LogP contribution in [0.2, 0.25) is 0 Å². The minimum absolute atomic E-state index is 0.0130. The SMILES string of the molecule is O=C(CCC(=O)c1ccccc1)NCCCN1CCCCCC1=O. The molecule has 0 atom stereocenters. The number of benzene rings is 1. The number of rotatable bonds is 8. The molecule has 1 aromatic carbocycles. The second-order valence-electron chi connectivity index (χ2n) is 6.18. The van der Waals surface area contributed by atoms with Crippen molar-refractivity contribution >= 4 is 17.6 Å². The molecule has 1 N–H and O–H groups in total. The van der Waals surface area contributed by atoms with Crippen molar-refractivity contribution in [2.75, 3.05) is 19.6 Å². The number of ketones is 1. The summed E-state index contributed by atoms with van der Waals surface area (Å²) in [6, 6.07) is 9.02. The predicted octanol–water partition coefficient (Wildman–Crippen LogP) is 2.56. The molecule has 0 saturated carbocycles. The summed E-state index contributed by atoms with van der Waals surface area (Å²) >= 11 is 0. The average Bonchev–Trinajstić information content (AvgIpc) is 2.81. The second kappa shape index (κ2) is 9.85. The Morgan fingerprint density at radius 2 is 1.83 bits per heavy atom. The van der Waals surface area contributed by atoms with Crippen molar-refractivity contribution in [3.63, 3.8) is 0 Å². The molecule has 5 nitrogen and oxygen atoms in total. The molecule has 0 bridgehead atoms. The maximum absolute atomic E-state index is 11.9. The summed E-state index contributed by atoms with van der Waals surface area (Å²) in [6.45, 7) is 2.07. The first-order valence-corrected chi connectivity index (χ1v) is 8.79. The lowest BCUT2D eigenvalue weighted by molar-refractivity contribution is -0.130. The molecule has 1 fully saturated rings. The molecular formula is C19H26N2O3. The number of amides is 2. The number of hydrogen-bond donors (Lipinski definition) is 1. The molecule has 5 heteroatoms. The Balaban J connectivity index is 1.59. The van der Waals surface area contributed by atoms with Gasteiger partial charge >= 0.3 is 0 Å². The summed E-state index contributed by atoms with van der Waals surface area (Å²) in [6.07, 6.45) is 5.00. The average molecular weight is 330 g/mol. The Morgan fingerprint density at radius 3 is 2.62 bits per heavy atom. The van der Waals surface area contributed by atoms with Crippen LogP contribution < -0.4 is 5.32 Å². The van der Waals surface area contributed by atoms with Gasteiger partial charge in [0.2, 0.25) is 11.8 Å². The van der Waals surface area contributed by atoms with Gasteiger partial charge in [-0.25, -0.2) is 0 Å². The summed E-state index contributed by atoms with van der Waals surface area (Å²) in [5, 5.41) is 2.83. The maximum Gasteiger partial charge on any atom is 0.222 e. The summed E-state index contributed by atoms with van der Waals surface area (Å²) in [5.41, 5.74) is 0.643. The molecule has 2 rings (SSSR count). The van der Waals surface area contributed by atoms with E-state index in [0.717, 1.165) is 32.2 Å². The molecule has 24 heavy (non-hydrogen) atoms. The van der Waals surface area contributed by atoms with Crippen LogP contribution in [0.5, 0.6) is 0 Å². The molecule has 1 saturated heterocycles. The van der Waals surface area contributed by atoms with Crippen molar-refractivity contribution < 1.29 is 14.4 Å². The molecule has 0 radical (unpaired) electrons. The van der Waals surface area contributed by atoms with E-state index in [1.54, 1.807) is 12.1 Å². The molecule has 1 aliphatic heterocycles. The van der Waals surface area contributed by atoms with E-state index in [1.165, 1.54) is 0 Å². The van der Waals surface area contributed by atoms with Gasteiger partial charge in [0.05, 0.1) is 0 Å². The molecule has 0 spiro atoms. The molecular weight excluding hydrogens is 304 g/mol. The van der Waals surface area contributed by atoms with E-state index in [-0.39, 0.29) is 30.4 Å². The first-order valence-electron chi connectivity index (χ1n) is 8.79. The minimum atomic E-state index is -0.110. The van der Waals surface area contributed by atoms with Crippen LogP contribution in [0.25, 0.3) is 0 Å². The third-order valence-corrected chi connectivity index (χ3v) is 4.27. The monoisotopic (exact) mass is 330 g/mol. The van der Waals surface area contributed by atoms with Crippen LogP contribution in [-0.4, -0.2) is 42.1 Å². The quantitative estimate of drug-likeness (QED) is 0.588. The van der Waals surface area contributed by atoms with Gasteiger partial charge in [-0.15, -0.1) is 0 Å². The Labute approximate surface area is 143 Å². The van der Waals surface area contributed by atoms with Crippen LogP contribution in [-0.2, 0) is 9.59 Å². The van der Waals surface area contributed by atoms with E-state index in [2.05, 4.69) is 5.32 Å². The van der Waals surface area contributed by atoms with Gasteiger partial charge in [-0.2, -0.15) is 0 Å². The van der Waals surface area contributed by atoms with Gasteiger partial charge in [0.1, 0.15) is 0 Å². The third kappa shape index (κ3) is 6.14. The zero-order valence-corrected chi connectivity index (χ0v) is 14.1. The third-order valence-electron chi connectivity index (χ3n) is 4.27. The number of nitrogens with zero attached hydrogens (tertiary/aromatic N) is 1. The van der Waals surface area contributed by atoms with Crippen molar-refractivity contribution in [3.8, 4) is 0 Å². The number of likely N-dealkylation sites (tertiary alicyclic amines) is 1. The Morgan fingerprint density at radius 1 is 1.04 bits per heavy atom. The van der Waals surface area contributed by atoms with Gasteiger partial charge in [0.15, 0.2) is 5.78 Å².